The van der Waals surface area contributed by atoms with E-state index in [0.29, 0.717) is 24.8 Å². The lowest BCUT2D eigenvalue weighted by molar-refractivity contribution is -0.185. The summed E-state index contributed by atoms with van der Waals surface area (Å²) < 4.78 is 22.8. The largest absolute Gasteiger partial charge is 0.458 e. The molecule has 1 aromatic heterocycles. The molecule has 2 fully saturated rings. The zero-order valence-electron chi connectivity index (χ0n) is 20.8. The van der Waals surface area contributed by atoms with E-state index in [2.05, 4.69) is 11.2 Å². The lowest BCUT2D eigenvalue weighted by atomic mass is 9.73. The Balaban J connectivity index is 1.52. The number of rotatable bonds is 8. The number of nitriles is 1. The Morgan fingerprint density at radius 3 is 2.60 bits per heavy atom. The molecular weight excluding hydrogens is 445 g/mol. The van der Waals surface area contributed by atoms with E-state index in [1.165, 1.54) is 6.07 Å². The predicted molar refractivity (Wildman–Crippen MR) is 129 cm³/mol. The third kappa shape index (κ3) is 5.17. The van der Waals surface area contributed by atoms with E-state index in [1.807, 2.05) is 19.2 Å². The summed E-state index contributed by atoms with van der Waals surface area (Å²) in [5.41, 5.74) is 0.237. The van der Waals surface area contributed by atoms with Crippen molar-refractivity contribution in [3.8, 4) is 6.07 Å². The van der Waals surface area contributed by atoms with E-state index >= 15 is 0 Å². The van der Waals surface area contributed by atoms with Gasteiger partial charge in [-0.1, -0.05) is 25.0 Å². The van der Waals surface area contributed by atoms with Gasteiger partial charge in [0.2, 0.25) is 0 Å². The third-order valence-corrected chi connectivity index (χ3v) is 7.82. The SMILES string of the molecule is CCn1cc(CC2C(=O)CC(CCc3ccc(C(C)(C)C#N)c(F)c3)(C3CCCC3)OC2=O)cn1. The summed E-state index contributed by atoms with van der Waals surface area (Å²) in [6.07, 6.45) is 9.04. The van der Waals surface area contributed by atoms with E-state index in [9.17, 15) is 19.2 Å². The van der Waals surface area contributed by atoms with Crippen LogP contribution in [0.2, 0.25) is 0 Å². The van der Waals surface area contributed by atoms with E-state index in [-0.39, 0.29) is 18.1 Å². The second-order valence-corrected chi connectivity index (χ2v) is 10.6. The summed E-state index contributed by atoms with van der Waals surface area (Å²) in [4.78, 5) is 26.4. The van der Waals surface area contributed by atoms with Crippen molar-refractivity contribution in [3.05, 3.63) is 53.1 Å². The minimum absolute atomic E-state index is 0.0744. The number of nitrogens with zero attached hydrogens (tertiary/aromatic N) is 3. The quantitative estimate of drug-likeness (QED) is 0.389. The van der Waals surface area contributed by atoms with E-state index in [1.54, 1.807) is 30.8 Å². The standard InChI is InChI=1S/C28H34FN3O3/c1-4-32-17-20(16-31-32)13-22-25(33)15-28(35-26(22)34,21-7-5-6-8-21)12-11-19-9-10-23(24(29)14-19)27(2,3)18-30/h9-10,14,16-17,21-22H,4-8,11-13,15H2,1-3H3. The minimum Gasteiger partial charge on any atom is -0.458 e. The Bertz CT molecular complexity index is 1120. The number of hydrogen-bond acceptors (Lipinski definition) is 5. The molecule has 0 N–H and O–H groups in total. The lowest BCUT2D eigenvalue weighted by Crippen LogP contribution is -2.52. The van der Waals surface area contributed by atoms with E-state index in [4.69, 9.17) is 4.74 Å². The number of carbonyl (C=O) groups is 2. The van der Waals surface area contributed by atoms with Crippen molar-refractivity contribution >= 4 is 11.8 Å². The summed E-state index contributed by atoms with van der Waals surface area (Å²) in [6.45, 7) is 6.09. The minimum atomic E-state index is -0.915. The number of ketones is 1. The fraction of sp³-hybridized carbons (Fsp3) is 0.571. The van der Waals surface area contributed by atoms with Gasteiger partial charge in [0.1, 0.15) is 17.3 Å². The number of carbonyl (C=O) groups excluding carboxylic acids is 2. The van der Waals surface area contributed by atoms with Crippen molar-refractivity contribution in [1.29, 1.82) is 5.26 Å². The Kier molecular flexibility index (Phi) is 7.12. The third-order valence-electron chi connectivity index (χ3n) is 7.82. The zero-order valence-corrected chi connectivity index (χ0v) is 20.8. The van der Waals surface area contributed by atoms with Gasteiger partial charge >= 0.3 is 5.97 Å². The van der Waals surface area contributed by atoms with Crippen LogP contribution in [0.15, 0.2) is 30.6 Å². The molecule has 1 saturated carbocycles. The van der Waals surface area contributed by atoms with Gasteiger partial charge in [0.25, 0.3) is 0 Å². The second-order valence-electron chi connectivity index (χ2n) is 10.6. The fourth-order valence-electron chi connectivity index (χ4n) is 5.63. The average molecular weight is 480 g/mol. The average Bonchev–Trinajstić information content (AvgIpc) is 3.52. The van der Waals surface area contributed by atoms with Gasteiger partial charge in [0.15, 0.2) is 5.78 Å². The Labute approximate surface area is 206 Å². The number of Topliss-reactive ketones (excluding diaryl/α,β-unsaturated/α-hetero) is 1. The molecule has 1 aliphatic carbocycles. The second kappa shape index (κ2) is 9.93. The summed E-state index contributed by atoms with van der Waals surface area (Å²) in [6, 6.07) is 7.11. The molecule has 0 amide bonds. The molecule has 2 aliphatic rings. The van der Waals surface area contributed by atoms with Crippen molar-refractivity contribution in [2.24, 2.45) is 11.8 Å². The van der Waals surface area contributed by atoms with Crippen LogP contribution >= 0.6 is 0 Å². The molecule has 2 unspecified atom stereocenters. The van der Waals surface area contributed by atoms with Gasteiger partial charge in [-0.25, -0.2) is 4.39 Å². The number of esters is 1. The number of benzene rings is 1. The molecular formula is C28H34FN3O3. The maximum atomic E-state index is 14.8. The first-order valence-electron chi connectivity index (χ1n) is 12.6. The van der Waals surface area contributed by atoms with Gasteiger partial charge in [0, 0.05) is 24.7 Å². The summed E-state index contributed by atoms with van der Waals surface area (Å²) in [7, 11) is 0. The molecule has 35 heavy (non-hydrogen) atoms. The lowest BCUT2D eigenvalue weighted by Gasteiger charge is -2.43. The van der Waals surface area contributed by atoms with Gasteiger partial charge in [-0.3, -0.25) is 14.3 Å². The van der Waals surface area contributed by atoms with Crippen LogP contribution in [0.1, 0.15) is 76.0 Å². The normalized spacial score (nSPS) is 23.3. The zero-order chi connectivity index (χ0) is 25.2. The molecule has 1 saturated heterocycles. The molecule has 1 aromatic carbocycles. The molecule has 4 rings (SSSR count). The molecule has 2 aromatic rings. The predicted octanol–water partition coefficient (Wildman–Crippen LogP) is 5.08. The molecule has 2 heterocycles. The number of halogens is 1. The summed E-state index contributed by atoms with van der Waals surface area (Å²) in [5, 5.41) is 13.6. The highest BCUT2D eigenvalue weighted by atomic mass is 19.1. The van der Waals surface area contributed by atoms with Gasteiger partial charge in [-0.2, -0.15) is 10.4 Å². The Morgan fingerprint density at radius 1 is 1.26 bits per heavy atom. The molecule has 1 aliphatic heterocycles. The van der Waals surface area contributed by atoms with Crippen molar-refractivity contribution in [2.45, 2.75) is 89.7 Å². The first-order chi connectivity index (χ1) is 16.7. The van der Waals surface area contributed by atoms with Crippen molar-refractivity contribution in [2.75, 3.05) is 0 Å². The summed E-state index contributed by atoms with van der Waals surface area (Å²) >= 11 is 0. The van der Waals surface area contributed by atoms with E-state index in [0.717, 1.165) is 43.4 Å². The highest BCUT2D eigenvalue weighted by Crippen LogP contribution is 2.45. The molecule has 0 spiro atoms. The van der Waals surface area contributed by atoms with Gasteiger partial charge in [-0.15, -0.1) is 0 Å². The molecule has 6 nitrogen and oxygen atoms in total. The topological polar surface area (TPSA) is 85.0 Å². The van der Waals surface area contributed by atoms with Crippen LogP contribution in [0.4, 0.5) is 4.39 Å². The molecule has 0 bridgehead atoms. The van der Waals surface area contributed by atoms with Crippen LogP contribution < -0.4 is 0 Å². The molecule has 2 atom stereocenters. The van der Waals surface area contributed by atoms with Gasteiger partial charge in [0.05, 0.1) is 17.7 Å². The highest BCUT2D eigenvalue weighted by Gasteiger charge is 2.51. The van der Waals surface area contributed by atoms with Crippen LogP contribution in [0.25, 0.3) is 0 Å². The smallest absolute Gasteiger partial charge is 0.317 e. The van der Waals surface area contributed by atoms with Crippen LogP contribution in [0.5, 0.6) is 0 Å². The fourth-order valence-corrected chi connectivity index (χ4v) is 5.63. The van der Waals surface area contributed by atoms with Crippen LogP contribution in [0, 0.1) is 29.0 Å². The first kappa shape index (κ1) is 25.1. The number of cyclic esters (lactones) is 1. The number of aryl methyl sites for hydroxylation is 2. The maximum absolute atomic E-state index is 14.8. The van der Waals surface area contributed by atoms with Crippen LogP contribution in [0.3, 0.4) is 0 Å². The molecule has 0 radical (unpaired) electrons. The molecule has 186 valence electrons. The monoisotopic (exact) mass is 479 g/mol. The van der Waals surface area contributed by atoms with Crippen LogP contribution in [-0.2, 0) is 39.1 Å². The van der Waals surface area contributed by atoms with Gasteiger partial charge in [-0.05, 0) is 76.0 Å². The summed E-state index contributed by atoms with van der Waals surface area (Å²) in [5.74, 6) is -1.59. The van der Waals surface area contributed by atoms with Crippen LogP contribution in [-0.4, -0.2) is 27.1 Å². The van der Waals surface area contributed by atoms with E-state index < -0.39 is 28.7 Å². The molecule has 7 heteroatoms. The van der Waals surface area contributed by atoms with Crippen molar-refractivity contribution < 1.29 is 18.7 Å². The maximum Gasteiger partial charge on any atom is 0.317 e. The highest BCUT2D eigenvalue weighted by molar-refractivity contribution is 6.01. The van der Waals surface area contributed by atoms with Crippen molar-refractivity contribution in [1.82, 2.24) is 9.78 Å². The number of aromatic nitrogens is 2. The number of hydrogen-bond donors (Lipinski definition) is 0. The number of ether oxygens (including phenoxy) is 1. The van der Waals surface area contributed by atoms with Crippen molar-refractivity contribution in [3.63, 3.8) is 0 Å². The Hall–Kier alpha value is -3.01. The van der Waals surface area contributed by atoms with Gasteiger partial charge < -0.3 is 4.74 Å². The Morgan fingerprint density at radius 2 is 2.00 bits per heavy atom. The first-order valence-corrected chi connectivity index (χ1v) is 12.6.